The maximum atomic E-state index is 9.51. The van der Waals surface area contributed by atoms with Crippen molar-refractivity contribution in [1.29, 1.82) is 0 Å². The Morgan fingerprint density at radius 1 is 1.47 bits per heavy atom. The summed E-state index contributed by atoms with van der Waals surface area (Å²) in [5.74, 6) is 0.361. The van der Waals surface area contributed by atoms with Gasteiger partial charge in [0.2, 0.25) is 5.88 Å². The molecule has 0 saturated heterocycles. The Hall–Kier alpha value is -1.68. The van der Waals surface area contributed by atoms with E-state index < -0.39 is 0 Å². The first-order valence-electron chi connectivity index (χ1n) is 4.25. The van der Waals surface area contributed by atoms with Crippen LogP contribution in [0.2, 0.25) is 5.02 Å². The normalized spacial score (nSPS) is 10.5. The summed E-state index contributed by atoms with van der Waals surface area (Å²) in [5.41, 5.74) is 6.36. The van der Waals surface area contributed by atoms with Crippen molar-refractivity contribution in [2.75, 3.05) is 12.8 Å². The molecule has 0 aliphatic rings. The molecule has 2 rings (SSSR count). The SMILES string of the molecule is COc1ccc2c(Cl)c(O)c(N)cc2n1. The van der Waals surface area contributed by atoms with E-state index >= 15 is 0 Å². The summed E-state index contributed by atoms with van der Waals surface area (Å²) in [6.07, 6.45) is 0. The van der Waals surface area contributed by atoms with E-state index in [9.17, 15) is 5.11 Å². The highest BCUT2D eigenvalue weighted by molar-refractivity contribution is 6.37. The fourth-order valence-electron chi connectivity index (χ4n) is 1.34. The highest BCUT2D eigenvalue weighted by Crippen LogP contribution is 2.36. The third kappa shape index (κ3) is 1.53. The number of pyridine rings is 1. The number of benzene rings is 1. The first-order valence-corrected chi connectivity index (χ1v) is 4.63. The second-order valence-electron chi connectivity index (χ2n) is 3.05. The quantitative estimate of drug-likeness (QED) is 0.576. The highest BCUT2D eigenvalue weighted by Gasteiger charge is 2.10. The van der Waals surface area contributed by atoms with Gasteiger partial charge in [-0.2, -0.15) is 0 Å². The number of halogens is 1. The molecule has 15 heavy (non-hydrogen) atoms. The number of nitrogen functional groups attached to an aromatic ring is 1. The minimum atomic E-state index is -0.115. The van der Waals surface area contributed by atoms with Crippen molar-refractivity contribution in [1.82, 2.24) is 4.98 Å². The van der Waals surface area contributed by atoms with Gasteiger partial charge in [0.1, 0.15) is 0 Å². The number of hydrogen-bond donors (Lipinski definition) is 2. The lowest BCUT2D eigenvalue weighted by molar-refractivity contribution is 0.399. The predicted octanol–water partition coefficient (Wildman–Crippen LogP) is 2.18. The largest absolute Gasteiger partial charge is 0.504 e. The zero-order valence-electron chi connectivity index (χ0n) is 7.99. The molecule has 78 valence electrons. The fraction of sp³-hybridized carbons (Fsp3) is 0.100. The van der Waals surface area contributed by atoms with Crippen molar-refractivity contribution >= 4 is 28.2 Å². The Morgan fingerprint density at radius 3 is 2.87 bits per heavy atom. The first kappa shape index (κ1) is 9.86. The molecule has 0 amide bonds. The molecule has 1 aromatic carbocycles. The molecule has 4 nitrogen and oxygen atoms in total. The van der Waals surface area contributed by atoms with Crippen LogP contribution in [-0.4, -0.2) is 17.2 Å². The van der Waals surface area contributed by atoms with Gasteiger partial charge in [-0.25, -0.2) is 4.98 Å². The molecule has 5 heteroatoms. The van der Waals surface area contributed by atoms with Crippen LogP contribution in [0.3, 0.4) is 0 Å². The summed E-state index contributed by atoms with van der Waals surface area (Å²) in [7, 11) is 1.53. The van der Waals surface area contributed by atoms with Crippen molar-refractivity contribution in [3.05, 3.63) is 23.2 Å². The standard InChI is InChI=1S/C10H9ClN2O2/c1-15-8-3-2-5-7(13-8)4-6(12)10(14)9(5)11/h2-4,14H,12H2,1H3. The topological polar surface area (TPSA) is 68.4 Å². The van der Waals surface area contributed by atoms with E-state index in [2.05, 4.69) is 4.98 Å². The Morgan fingerprint density at radius 2 is 2.20 bits per heavy atom. The van der Waals surface area contributed by atoms with Crippen molar-refractivity contribution < 1.29 is 9.84 Å². The van der Waals surface area contributed by atoms with Gasteiger partial charge in [-0.15, -0.1) is 0 Å². The van der Waals surface area contributed by atoms with Crippen LogP contribution in [-0.2, 0) is 0 Å². The number of hydrogen-bond acceptors (Lipinski definition) is 4. The molecule has 0 bridgehead atoms. The number of aromatic hydroxyl groups is 1. The van der Waals surface area contributed by atoms with Crippen LogP contribution in [0.25, 0.3) is 10.9 Å². The maximum absolute atomic E-state index is 9.51. The van der Waals surface area contributed by atoms with E-state index in [0.717, 1.165) is 0 Å². The number of nitrogens with zero attached hydrogens (tertiary/aromatic N) is 1. The number of anilines is 1. The lowest BCUT2D eigenvalue weighted by Gasteiger charge is -2.06. The number of nitrogens with two attached hydrogens (primary N) is 1. The molecule has 0 radical (unpaired) electrons. The minimum Gasteiger partial charge on any atom is -0.504 e. The second kappa shape index (κ2) is 3.47. The average Bonchev–Trinajstić information content (AvgIpc) is 2.25. The van der Waals surface area contributed by atoms with Crippen molar-refractivity contribution in [2.24, 2.45) is 0 Å². The lowest BCUT2D eigenvalue weighted by Crippen LogP contribution is -1.91. The molecule has 0 aliphatic carbocycles. The first-order chi connectivity index (χ1) is 7.13. The number of phenols is 1. The molecule has 0 fully saturated rings. The van der Waals surface area contributed by atoms with Gasteiger partial charge in [0, 0.05) is 11.5 Å². The average molecular weight is 225 g/mol. The number of aromatic nitrogens is 1. The van der Waals surface area contributed by atoms with Gasteiger partial charge in [0.15, 0.2) is 5.75 Å². The number of ether oxygens (including phenoxy) is 1. The number of phenolic OH excluding ortho intramolecular Hbond substituents is 1. The summed E-state index contributed by atoms with van der Waals surface area (Å²) < 4.78 is 4.97. The van der Waals surface area contributed by atoms with Crippen LogP contribution in [0, 0.1) is 0 Å². The molecule has 0 unspecified atom stereocenters. The minimum absolute atomic E-state index is 0.115. The van der Waals surface area contributed by atoms with Gasteiger partial charge in [0.25, 0.3) is 0 Å². The van der Waals surface area contributed by atoms with Gasteiger partial charge in [0.05, 0.1) is 23.3 Å². The van der Waals surface area contributed by atoms with Gasteiger partial charge in [-0.1, -0.05) is 11.6 Å². The Kier molecular flexibility index (Phi) is 2.28. The Labute approximate surface area is 91.2 Å². The molecule has 2 aromatic rings. The number of rotatable bonds is 1. The van der Waals surface area contributed by atoms with E-state index in [1.807, 2.05) is 0 Å². The molecule has 0 spiro atoms. The summed E-state index contributed by atoms with van der Waals surface area (Å²) in [5, 5.41) is 10.4. The zero-order valence-corrected chi connectivity index (χ0v) is 8.75. The van der Waals surface area contributed by atoms with E-state index in [4.69, 9.17) is 22.1 Å². The summed E-state index contributed by atoms with van der Waals surface area (Å²) >= 11 is 5.92. The summed E-state index contributed by atoms with van der Waals surface area (Å²) in [4.78, 5) is 4.16. The van der Waals surface area contributed by atoms with Crippen molar-refractivity contribution in [3.63, 3.8) is 0 Å². The van der Waals surface area contributed by atoms with Crippen LogP contribution in [0.4, 0.5) is 5.69 Å². The van der Waals surface area contributed by atoms with Crippen LogP contribution in [0.15, 0.2) is 18.2 Å². The van der Waals surface area contributed by atoms with Gasteiger partial charge >= 0.3 is 0 Å². The van der Waals surface area contributed by atoms with Crippen LogP contribution >= 0.6 is 11.6 Å². The predicted molar refractivity (Wildman–Crippen MR) is 59.4 cm³/mol. The molecular weight excluding hydrogens is 216 g/mol. The Balaban J connectivity index is 2.80. The maximum Gasteiger partial charge on any atom is 0.213 e. The molecule has 0 atom stereocenters. The van der Waals surface area contributed by atoms with E-state index in [1.54, 1.807) is 18.2 Å². The van der Waals surface area contributed by atoms with E-state index in [0.29, 0.717) is 16.8 Å². The molecule has 0 saturated carbocycles. The highest BCUT2D eigenvalue weighted by atomic mass is 35.5. The number of fused-ring (bicyclic) bond motifs is 1. The van der Waals surface area contributed by atoms with E-state index in [-0.39, 0.29) is 16.5 Å². The Bertz CT molecular complexity index is 528. The molecule has 1 aromatic heterocycles. The molecular formula is C10H9ClN2O2. The smallest absolute Gasteiger partial charge is 0.213 e. The van der Waals surface area contributed by atoms with Gasteiger partial charge in [-0.05, 0) is 12.1 Å². The van der Waals surface area contributed by atoms with Gasteiger partial charge in [-0.3, -0.25) is 0 Å². The third-order valence-electron chi connectivity index (χ3n) is 2.12. The lowest BCUT2D eigenvalue weighted by atomic mass is 10.2. The van der Waals surface area contributed by atoms with E-state index in [1.165, 1.54) is 7.11 Å². The summed E-state index contributed by atoms with van der Waals surface area (Å²) in [6, 6.07) is 4.95. The monoisotopic (exact) mass is 224 g/mol. The zero-order chi connectivity index (χ0) is 11.0. The summed E-state index contributed by atoms with van der Waals surface area (Å²) in [6.45, 7) is 0. The van der Waals surface area contributed by atoms with Crippen LogP contribution < -0.4 is 10.5 Å². The fourth-order valence-corrected chi connectivity index (χ4v) is 1.60. The molecule has 1 heterocycles. The second-order valence-corrected chi connectivity index (χ2v) is 3.43. The molecule has 3 N–H and O–H groups in total. The van der Waals surface area contributed by atoms with Crippen molar-refractivity contribution in [2.45, 2.75) is 0 Å². The van der Waals surface area contributed by atoms with Gasteiger partial charge < -0.3 is 15.6 Å². The van der Waals surface area contributed by atoms with Crippen LogP contribution in [0.5, 0.6) is 11.6 Å². The third-order valence-corrected chi connectivity index (χ3v) is 2.50. The number of methoxy groups -OCH3 is 1. The van der Waals surface area contributed by atoms with Crippen LogP contribution in [0.1, 0.15) is 0 Å². The van der Waals surface area contributed by atoms with Crippen molar-refractivity contribution in [3.8, 4) is 11.6 Å². The molecule has 0 aliphatic heterocycles.